The van der Waals surface area contributed by atoms with E-state index in [1.165, 1.54) is 13.0 Å². The fourth-order valence-corrected chi connectivity index (χ4v) is 3.72. The Morgan fingerprint density at radius 3 is 2.81 bits per heavy atom. The molecule has 0 unspecified atom stereocenters. The summed E-state index contributed by atoms with van der Waals surface area (Å²) in [7, 11) is -3.66. The number of carbonyl (C=O) groups is 1. The van der Waals surface area contributed by atoms with E-state index < -0.39 is 16.1 Å². The third-order valence-electron chi connectivity index (χ3n) is 3.49. The van der Waals surface area contributed by atoms with Gasteiger partial charge in [0.1, 0.15) is 0 Å². The molecule has 1 aliphatic rings. The number of aliphatic hydroxyl groups is 1. The van der Waals surface area contributed by atoms with E-state index in [0.29, 0.717) is 6.54 Å². The Hall–Kier alpha value is -1.44. The summed E-state index contributed by atoms with van der Waals surface area (Å²) in [5.41, 5.74) is 1.64. The first-order valence-corrected chi connectivity index (χ1v) is 8.37. The van der Waals surface area contributed by atoms with Crippen molar-refractivity contribution in [3.8, 4) is 0 Å². The van der Waals surface area contributed by atoms with Gasteiger partial charge < -0.3 is 10.0 Å². The Balaban J connectivity index is 2.35. The van der Waals surface area contributed by atoms with Crippen molar-refractivity contribution in [3.63, 3.8) is 0 Å². The summed E-state index contributed by atoms with van der Waals surface area (Å²) in [6, 6.07) is 4.23. The van der Waals surface area contributed by atoms with Crippen molar-refractivity contribution in [1.82, 2.24) is 4.72 Å². The van der Waals surface area contributed by atoms with Crippen LogP contribution in [0.1, 0.15) is 25.8 Å². The minimum atomic E-state index is -3.66. The summed E-state index contributed by atoms with van der Waals surface area (Å²) in [5, 5.41) is 8.96. The van der Waals surface area contributed by atoms with E-state index in [-0.39, 0.29) is 17.4 Å². The molecule has 6 nitrogen and oxygen atoms in total. The minimum Gasteiger partial charge on any atom is -0.395 e. The third kappa shape index (κ3) is 3.42. The summed E-state index contributed by atoms with van der Waals surface area (Å²) in [4.78, 5) is 13.4. The number of nitrogens with zero attached hydrogens (tertiary/aromatic N) is 1. The molecule has 1 atom stereocenters. The standard InChI is InChI=1S/C14H20N2O4S/c1-10(9-17)15-21(19,20)13-5-6-14-12(8-13)4-3-7-16(14)11(2)18/h5-6,8,10,15,17H,3-4,7,9H2,1-2H3/t10-/m1/s1. The Bertz CT molecular complexity index is 642. The molecule has 1 aromatic carbocycles. The Morgan fingerprint density at radius 2 is 2.19 bits per heavy atom. The molecule has 21 heavy (non-hydrogen) atoms. The molecule has 0 saturated carbocycles. The van der Waals surface area contributed by atoms with Crippen molar-refractivity contribution >= 4 is 21.6 Å². The summed E-state index contributed by atoms with van der Waals surface area (Å²) in [6.07, 6.45) is 1.56. The van der Waals surface area contributed by atoms with Crippen LogP contribution in [0.15, 0.2) is 23.1 Å². The van der Waals surface area contributed by atoms with E-state index in [1.807, 2.05) is 0 Å². The number of nitrogens with one attached hydrogen (secondary N) is 1. The van der Waals surface area contributed by atoms with Crippen LogP contribution in [0.5, 0.6) is 0 Å². The van der Waals surface area contributed by atoms with Gasteiger partial charge in [-0.25, -0.2) is 13.1 Å². The number of anilines is 1. The summed E-state index contributed by atoms with van der Waals surface area (Å²) < 4.78 is 26.8. The zero-order valence-corrected chi connectivity index (χ0v) is 13.0. The zero-order chi connectivity index (χ0) is 15.6. The second-order valence-corrected chi connectivity index (χ2v) is 6.98. The third-order valence-corrected chi connectivity index (χ3v) is 5.08. The van der Waals surface area contributed by atoms with Gasteiger partial charge in [0.25, 0.3) is 0 Å². The van der Waals surface area contributed by atoms with Gasteiger partial charge in [-0.05, 0) is 43.5 Å². The van der Waals surface area contributed by atoms with Crippen LogP contribution in [-0.4, -0.2) is 38.6 Å². The average molecular weight is 312 g/mol. The maximum absolute atomic E-state index is 12.2. The molecular formula is C14H20N2O4S. The van der Waals surface area contributed by atoms with Gasteiger partial charge in [0.15, 0.2) is 0 Å². The summed E-state index contributed by atoms with van der Waals surface area (Å²) in [6.45, 7) is 3.49. The van der Waals surface area contributed by atoms with Crippen molar-refractivity contribution < 1.29 is 18.3 Å². The molecule has 0 aliphatic carbocycles. The van der Waals surface area contributed by atoms with Crippen molar-refractivity contribution in [2.45, 2.75) is 37.6 Å². The lowest BCUT2D eigenvalue weighted by molar-refractivity contribution is -0.116. The van der Waals surface area contributed by atoms with Crippen LogP contribution in [0.25, 0.3) is 0 Å². The Labute approximate surface area is 124 Å². The van der Waals surface area contributed by atoms with Gasteiger partial charge in [0, 0.05) is 25.2 Å². The van der Waals surface area contributed by atoms with Gasteiger partial charge in [-0.2, -0.15) is 0 Å². The van der Waals surface area contributed by atoms with Crippen LogP contribution in [0.3, 0.4) is 0 Å². The van der Waals surface area contributed by atoms with Gasteiger partial charge in [0.05, 0.1) is 11.5 Å². The number of aliphatic hydroxyl groups excluding tert-OH is 1. The van der Waals surface area contributed by atoms with Gasteiger partial charge in [-0.3, -0.25) is 4.79 Å². The molecule has 2 rings (SSSR count). The maximum Gasteiger partial charge on any atom is 0.240 e. The topological polar surface area (TPSA) is 86.7 Å². The van der Waals surface area contributed by atoms with Gasteiger partial charge >= 0.3 is 0 Å². The molecule has 1 aliphatic heterocycles. The van der Waals surface area contributed by atoms with E-state index in [2.05, 4.69) is 4.72 Å². The zero-order valence-electron chi connectivity index (χ0n) is 12.2. The molecule has 1 amide bonds. The fraction of sp³-hybridized carbons (Fsp3) is 0.500. The van der Waals surface area contributed by atoms with E-state index in [4.69, 9.17) is 5.11 Å². The molecule has 0 spiro atoms. The lowest BCUT2D eigenvalue weighted by Crippen LogP contribution is -2.36. The van der Waals surface area contributed by atoms with Crippen molar-refractivity contribution in [3.05, 3.63) is 23.8 Å². The lowest BCUT2D eigenvalue weighted by Gasteiger charge is -2.29. The van der Waals surface area contributed by atoms with Crippen LogP contribution in [0, 0.1) is 0 Å². The fourth-order valence-electron chi connectivity index (χ4n) is 2.44. The molecule has 0 radical (unpaired) electrons. The Morgan fingerprint density at radius 1 is 1.48 bits per heavy atom. The number of benzene rings is 1. The molecular weight excluding hydrogens is 292 g/mol. The predicted molar refractivity (Wildman–Crippen MR) is 79.7 cm³/mol. The van der Waals surface area contributed by atoms with Crippen LogP contribution >= 0.6 is 0 Å². The molecule has 0 aromatic heterocycles. The monoisotopic (exact) mass is 312 g/mol. The van der Waals surface area contributed by atoms with Crippen molar-refractivity contribution in [2.75, 3.05) is 18.1 Å². The van der Waals surface area contributed by atoms with Gasteiger partial charge in [-0.15, -0.1) is 0 Å². The number of hydrogen-bond donors (Lipinski definition) is 2. The molecule has 0 fully saturated rings. The number of sulfonamides is 1. The number of fused-ring (bicyclic) bond motifs is 1. The summed E-state index contributed by atoms with van der Waals surface area (Å²) >= 11 is 0. The molecule has 2 N–H and O–H groups in total. The highest BCUT2D eigenvalue weighted by atomic mass is 32.2. The first kappa shape index (κ1) is 15.9. The predicted octanol–water partition coefficient (Wildman–Crippen LogP) is 0.645. The summed E-state index contributed by atoms with van der Waals surface area (Å²) in [5.74, 6) is -0.0430. The molecule has 116 valence electrons. The van der Waals surface area contributed by atoms with E-state index >= 15 is 0 Å². The van der Waals surface area contributed by atoms with E-state index in [1.54, 1.807) is 24.0 Å². The quantitative estimate of drug-likeness (QED) is 0.854. The molecule has 1 heterocycles. The number of aryl methyl sites for hydroxylation is 1. The number of carbonyl (C=O) groups excluding carboxylic acids is 1. The minimum absolute atomic E-state index is 0.0430. The smallest absolute Gasteiger partial charge is 0.240 e. The highest BCUT2D eigenvalue weighted by Gasteiger charge is 2.23. The molecule has 7 heteroatoms. The molecule has 0 bridgehead atoms. The second kappa shape index (κ2) is 6.13. The highest BCUT2D eigenvalue weighted by Crippen LogP contribution is 2.29. The van der Waals surface area contributed by atoms with Crippen LogP contribution in [0.2, 0.25) is 0 Å². The second-order valence-electron chi connectivity index (χ2n) is 5.27. The van der Waals surface area contributed by atoms with Crippen LogP contribution in [0.4, 0.5) is 5.69 Å². The SMILES string of the molecule is CC(=O)N1CCCc2cc(S(=O)(=O)N[C@H](C)CO)ccc21. The first-order valence-electron chi connectivity index (χ1n) is 6.89. The highest BCUT2D eigenvalue weighted by molar-refractivity contribution is 7.89. The largest absolute Gasteiger partial charge is 0.395 e. The van der Waals surface area contributed by atoms with Crippen molar-refractivity contribution in [2.24, 2.45) is 0 Å². The lowest BCUT2D eigenvalue weighted by atomic mass is 10.0. The van der Waals surface area contributed by atoms with Gasteiger partial charge in [0.2, 0.25) is 15.9 Å². The van der Waals surface area contributed by atoms with Crippen molar-refractivity contribution in [1.29, 1.82) is 0 Å². The van der Waals surface area contributed by atoms with E-state index in [9.17, 15) is 13.2 Å². The van der Waals surface area contributed by atoms with Crippen LogP contribution in [-0.2, 0) is 21.2 Å². The van der Waals surface area contributed by atoms with Gasteiger partial charge in [-0.1, -0.05) is 0 Å². The van der Waals surface area contributed by atoms with E-state index in [0.717, 1.165) is 24.1 Å². The molecule has 0 saturated heterocycles. The number of rotatable bonds is 4. The molecule has 1 aromatic rings. The number of amides is 1. The maximum atomic E-state index is 12.2. The van der Waals surface area contributed by atoms with Crippen LogP contribution < -0.4 is 9.62 Å². The number of hydrogen-bond acceptors (Lipinski definition) is 4. The first-order chi connectivity index (χ1) is 9.85. The average Bonchev–Trinajstić information content (AvgIpc) is 2.45. The normalized spacial score (nSPS) is 16.4. The Kier molecular flexibility index (Phi) is 4.65.